The van der Waals surface area contributed by atoms with Crippen molar-refractivity contribution in [3.63, 3.8) is 0 Å². The predicted molar refractivity (Wildman–Crippen MR) is 57.5 cm³/mol. The smallest absolute Gasteiger partial charge is 0.0329 e. The molecule has 0 heterocycles. The van der Waals surface area contributed by atoms with Crippen molar-refractivity contribution in [2.24, 2.45) is 35.5 Å². The minimum absolute atomic E-state index is 0.919. The van der Waals surface area contributed by atoms with Crippen LogP contribution in [0.5, 0.6) is 0 Å². The molecule has 0 radical (unpaired) electrons. The maximum absolute atomic E-state index is 2.43. The molecule has 2 rings (SSSR count). The van der Waals surface area contributed by atoms with Gasteiger partial charge in [0.2, 0.25) is 0 Å². The molecule has 0 aromatic rings. The van der Waals surface area contributed by atoms with Crippen LogP contribution in [0.3, 0.4) is 0 Å². The fourth-order valence-electron chi connectivity index (χ4n) is 4.36. The van der Waals surface area contributed by atoms with Crippen molar-refractivity contribution in [2.75, 3.05) is 0 Å². The molecule has 0 N–H and O–H groups in total. The van der Waals surface area contributed by atoms with Crippen LogP contribution in [0.4, 0.5) is 0 Å². The van der Waals surface area contributed by atoms with Gasteiger partial charge in [-0.1, -0.05) is 27.7 Å². The van der Waals surface area contributed by atoms with Crippen molar-refractivity contribution in [2.45, 2.75) is 47.0 Å². The first-order valence-electron chi connectivity index (χ1n) is 6.11. The lowest BCUT2D eigenvalue weighted by Gasteiger charge is -2.36. The third-order valence-corrected chi connectivity index (χ3v) is 4.59. The van der Waals surface area contributed by atoms with Crippen molar-refractivity contribution in [1.29, 1.82) is 0 Å². The standard InChI is InChI=1S/C13H24/c1-8(2)12-10-5-6-11(7-10)13(12)9(3)4/h8-13H,5-7H2,1-4H3/t10?,11?,12-,13+. The van der Waals surface area contributed by atoms with Crippen LogP contribution in [0.1, 0.15) is 47.0 Å². The Bertz CT molecular complexity index is 160. The molecule has 2 aliphatic carbocycles. The van der Waals surface area contributed by atoms with Crippen LogP contribution in [0, 0.1) is 35.5 Å². The highest BCUT2D eigenvalue weighted by Gasteiger charge is 2.49. The summed E-state index contributed by atoms with van der Waals surface area (Å²) >= 11 is 0. The maximum Gasteiger partial charge on any atom is -0.0329 e. The van der Waals surface area contributed by atoms with E-state index < -0.39 is 0 Å². The summed E-state index contributed by atoms with van der Waals surface area (Å²) in [6, 6.07) is 0. The van der Waals surface area contributed by atoms with Crippen LogP contribution in [0.15, 0.2) is 0 Å². The zero-order valence-electron chi connectivity index (χ0n) is 9.59. The van der Waals surface area contributed by atoms with Gasteiger partial charge in [0.25, 0.3) is 0 Å². The molecular formula is C13H24. The quantitative estimate of drug-likeness (QED) is 0.603. The van der Waals surface area contributed by atoms with Gasteiger partial charge in [-0.3, -0.25) is 0 Å². The predicted octanol–water partition coefficient (Wildman–Crippen LogP) is 3.96. The molecule has 2 aliphatic rings. The van der Waals surface area contributed by atoms with Crippen molar-refractivity contribution >= 4 is 0 Å². The molecule has 0 saturated heterocycles. The average Bonchev–Trinajstić information content (AvgIpc) is 2.60. The Morgan fingerprint density at radius 2 is 1.15 bits per heavy atom. The number of hydrogen-bond donors (Lipinski definition) is 0. The fourth-order valence-corrected chi connectivity index (χ4v) is 4.36. The molecule has 0 aliphatic heterocycles. The molecule has 2 saturated carbocycles. The van der Waals surface area contributed by atoms with Gasteiger partial charge in [0.05, 0.1) is 0 Å². The largest absolute Gasteiger partial charge is 0.0625 e. The minimum atomic E-state index is 0.919. The van der Waals surface area contributed by atoms with Crippen LogP contribution in [-0.2, 0) is 0 Å². The van der Waals surface area contributed by atoms with Gasteiger partial charge < -0.3 is 0 Å². The second kappa shape index (κ2) is 3.29. The SMILES string of the molecule is CC(C)[C@@H]1C2CCC(C2)[C@@H]1C(C)C. The third kappa shape index (κ3) is 1.43. The Hall–Kier alpha value is 0. The van der Waals surface area contributed by atoms with E-state index in [1.807, 2.05) is 0 Å². The van der Waals surface area contributed by atoms with Crippen LogP contribution >= 0.6 is 0 Å². The highest BCUT2D eigenvalue weighted by Crippen LogP contribution is 2.56. The molecule has 0 aromatic heterocycles. The Morgan fingerprint density at radius 1 is 0.769 bits per heavy atom. The summed E-state index contributed by atoms with van der Waals surface area (Å²) in [6.07, 6.45) is 4.64. The number of rotatable bonds is 2. The van der Waals surface area contributed by atoms with E-state index in [0.717, 1.165) is 35.5 Å². The lowest BCUT2D eigenvalue weighted by atomic mass is 9.69. The van der Waals surface area contributed by atoms with Gasteiger partial charge in [-0.2, -0.15) is 0 Å². The summed E-state index contributed by atoms with van der Waals surface area (Å²) in [7, 11) is 0. The lowest BCUT2D eigenvalue weighted by molar-refractivity contribution is 0.124. The summed E-state index contributed by atoms with van der Waals surface area (Å²) in [5.74, 6) is 6.14. The first-order valence-corrected chi connectivity index (χ1v) is 6.11. The molecule has 2 fully saturated rings. The van der Waals surface area contributed by atoms with E-state index in [0.29, 0.717) is 0 Å². The van der Waals surface area contributed by atoms with Crippen molar-refractivity contribution < 1.29 is 0 Å². The van der Waals surface area contributed by atoms with E-state index in [1.165, 1.54) is 12.8 Å². The van der Waals surface area contributed by atoms with Crippen LogP contribution in [0.2, 0.25) is 0 Å². The molecule has 76 valence electrons. The Balaban J connectivity index is 2.15. The molecule has 0 amide bonds. The topological polar surface area (TPSA) is 0 Å². The molecule has 0 aromatic carbocycles. The first kappa shape index (κ1) is 9.55. The molecule has 0 spiro atoms. The van der Waals surface area contributed by atoms with E-state index in [4.69, 9.17) is 0 Å². The highest BCUT2D eigenvalue weighted by molar-refractivity contribution is 4.98. The van der Waals surface area contributed by atoms with E-state index >= 15 is 0 Å². The van der Waals surface area contributed by atoms with Gasteiger partial charge in [0.1, 0.15) is 0 Å². The number of fused-ring (bicyclic) bond motifs is 2. The summed E-state index contributed by atoms with van der Waals surface area (Å²) in [6.45, 7) is 9.73. The van der Waals surface area contributed by atoms with Gasteiger partial charge in [-0.05, 0) is 54.8 Å². The minimum Gasteiger partial charge on any atom is -0.0625 e. The van der Waals surface area contributed by atoms with Gasteiger partial charge in [-0.25, -0.2) is 0 Å². The highest BCUT2D eigenvalue weighted by atomic mass is 14.5. The maximum atomic E-state index is 2.43. The summed E-state index contributed by atoms with van der Waals surface area (Å²) in [5, 5.41) is 0. The summed E-state index contributed by atoms with van der Waals surface area (Å²) in [4.78, 5) is 0. The van der Waals surface area contributed by atoms with E-state index in [9.17, 15) is 0 Å². The van der Waals surface area contributed by atoms with E-state index in [1.54, 1.807) is 6.42 Å². The van der Waals surface area contributed by atoms with Gasteiger partial charge in [0, 0.05) is 0 Å². The van der Waals surface area contributed by atoms with E-state index in [-0.39, 0.29) is 0 Å². The molecule has 0 heteroatoms. The van der Waals surface area contributed by atoms with Crippen LogP contribution < -0.4 is 0 Å². The normalized spacial score (nSPS) is 43.8. The van der Waals surface area contributed by atoms with Crippen LogP contribution in [-0.4, -0.2) is 0 Å². The molecule has 2 unspecified atom stereocenters. The van der Waals surface area contributed by atoms with E-state index in [2.05, 4.69) is 27.7 Å². The van der Waals surface area contributed by atoms with Gasteiger partial charge in [0.15, 0.2) is 0 Å². The average molecular weight is 180 g/mol. The fraction of sp³-hybridized carbons (Fsp3) is 1.00. The monoisotopic (exact) mass is 180 g/mol. The van der Waals surface area contributed by atoms with Crippen LogP contribution in [0.25, 0.3) is 0 Å². The molecule has 4 atom stereocenters. The summed E-state index contributed by atoms with van der Waals surface area (Å²) in [5.41, 5.74) is 0. The van der Waals surface area contributed by atoms with Crippen molar-refractivity contribution in [3.05, 3.63) is 0 Å². The molecule has 13 heavy (non-hydrogen) atoms. The van der Waals surface area contributed by atoms with Crippen molar-refractivity contribution in [3.8, 4) is 0 Å². The summed E-state index contributed by atoms with van der Waals surface area (Å²) < 4.78 is 0. The third-order valence-electron chi connectivity index (χ3n) is 4.59. The zero-order valence-corrected chi connectivity index (χ0v) is 9.59. The molecule has 0 nitrogen and oxygen atoms in total. The second-order valence-electron chi connectivity index (χ2n) is 5.98. The second-order valence-corrected chi connectivity index (χ2v) is 5.98. The lowest BCUT2D eigenvalue weighted by Crippen LogP contribution is -2.30. The Labute approximate surface area is 83.1 Å². The van der Waals surface area contributed by atoms with Crippen molar-refractivity contribution in [1.82, 2.24) is 0 Å². The Morgan fingerprint density at radius 3 is 1.46 bits per heavy atom. The van der Waals surface area contributed by atoms with Gasteiger partial charge >= 0.3 is 0 Å². The number of hydrogen-bond acceptors (Lipinski definition) is 0. The Kier molecular flexibility index (Phi) is 2.42. The van der Waals surface area contributed by atoms with Gasteiger partial charge in [-0.15, -0.1) is 0 Å². The molecule has 2 bridgehead atoms. The molecular weight excluding hydrogens is 156 g/mol. The first-order chi connectivity index (χ1) is 6.11. The zero-order chi connectivity index (χ0) is 9.59.